The Kier molecular flexibility index (Phi) is 6.16. The number of halogens is 4. The summed E-state index contributed by atoms with van der Waals surface area (Å²) < 4.78 is 39.0. The van der Waals surface area contributed by atoms with Crippen LogP contribution in [0.4, 0.5) is 17.3 Å². The molecule has 1 fully saturated rings. The molecule has 1 saturated heterocycles. The average Bonchev–Trinajstić information content (AvgIpc) is 2.03. The third-order valence-corrected chi connectivity index (χ3v) is 2.12. The number of hydrogen-bond donors (Lipinski definition) is 0. The predicted molar refractivity (Wildman–Crippen MR) is 50.7 cm³/mol. The van der Waals surface area contributed by atoms with Crippen LogP contribution in [0.15, 0.2) is 0 Å². The summed E-state index contributed by atoms with van der Waals surface area (Å²) in [4.78, 5) is 2.56. The van der Waals surface area contributed by atoms with E-state index in [1.807, 2.05) is 0 Å². The molecular weight excluding hydrogens is 197 g/mol. The summed E-state index contributed by atoms with van der Waals surface area (Å²) >= 11 is 0. The van der Waals surface area contributed by atoms with Crippen LogP contribution in [0.3, 0.4) is 0 Å². The normalized spacial score (nSPS) is 19.1. The molecule has 1 aliphatic rings. The Morgan fingerprint density at radius 1 is 0.929 bits per heavy atom. The van der Waals surface area contributed by atoms with E-state index in [9.17, 15) is 17.3 Å². The molecule has 1 nitrogen and oxygen atoms in total. The molecule has 0 bridgehead atoms. The van der Waals surface area contributed by atoms with Crippen molar-refractivity contribution < 1.29 is 17.3 Å². The number of hydrogen-bond acceptors (Lipinski definition) is 1. The standard InChI is InChI=1S/C8H17N.BF4/c1-8(2)9-6-4-3-5-7-9;2-1(3,4)5/h8H,3-7H2,1-2H3;/q;-1. The highest BCUT2D eigenvalue weighted by atomic mass is 19.5. The van der Waals surface area contributed by atoms with Gasteiger partial charge in [-0.15, -0.1) is 0 Å². The minimum Gasteiger partial charge on any atom is -0.418 e. The number of likely N-dealkylation sites (tertiary alicyclic amines) is 1. The largest absolute Gasteiger partial charge is 0.673 e. The Labute approximate surface area is 82.6 Å². The molecule has 1 rings (SSSR count). The van der Waals surface area contributed by atoms with Crippen molar-refractivity contribution in [2.24, 2.45) is 0 Å². The lowest BCUT2D eigenvalue weighted by Gasteiger charge is -2.29. The minimum atomic E-state index is -6.00. The molecule has 0 aromatic carbocycles. The predicted octanol–water partition coefficient (Wildman–Crippen LogP) is 3.18. The lowest BCUT2D eigenvalue weighted by molar-refractivity contribution is 0.185. The molecule has 0 atom stereocenters. The van der Waals surface area contributed by atoms with Crippen LogP contribution in [0.2, 0.25) is 0 Å². The maximum Gasteiger partial charge on any atom is 0.673 e. The van der Waals surface area contributed by atoms with Crippen molar-refractivity contribution in [1.82, 2.24) is 4.90 Å². The van der Waals surface area contributed by atoms with E-state index in [-0.39, 0.29) is 0 Å². The topological polar surface area (TPSA) is 3.24 Å². The van der Waals surface area contributed by atoms with Crippen LogP contribution in [0, 0.1) is 0 Å². The highest BCUT2D eigenvalue weighted by molar-refractivity contribution is 6.50. The summed E-state index contributed by atoms with van der Waals surface area (Å²) in [5, 5.41) is 0. The van der Waals surface area contributed by atoms with E-state index in [4.69, 9.17) is 0 Å². The van der Waals surface area contributed by atoms with Crippen molar-refractivity contribution in [3.05, 3.63) is 0 Å². The first-order valence-electron chi connectivity index (χ1n) is 4.92. The van der Waals surface area contributed by atoms with Crippen LogP contribution in [-0.4, -0.2) is 31.3 Å². The van der Waals surface area contributed by atoms with Gasteiger partial charge in [0, 0.05) is 6.04 Å². The Bertz CT molecular complexity index is 137. The van der Waals surface area contributed by atoms with E-state index in [1.54, 1.807) is 0 Å². The Hall–Kier alpha value is -0.255. The average molecular weight is 214 g/mol. The molecule has 0 saturated carbocycles. The highest BCUT2D eigenvalue weighted by Crippen LogP contribution is 2.10. The molecule has 14 heavy (non-hydrogen) atoms. The van der Waals surface area contributed by atoms with E-state index < -0.39 is 7.25 Å². The van der Waals surface area contributed by atoms with Crippen molar-refractivity contribution in [3.8, 4) is 0 Å². The van der Waals surface area contributed by atoms with Gasteiger partial charge in [0.1, 0.15) is 0 Å². The van der Waals surface area contributed by atoms with Gasteiger partial charge in [0.05, 0.1) is 0 Å². The Morgan fingerprint density at radius 2 is 1.29 bits per heavy atom. The molecule has 1 aliphatic heterocycles. The molecule has 0 aromatic heterocycles. The number of rotatable bonds is 1. The molecule has 0 N–H and O–H groups in total. The maximum absolute atomic E-state index is 9.75. The van der Waals surface area contributed by atoms with Gasteiger partial charge in [-0.3, -0.25) is 0 Å². The van der Waals surface area contributed by atoms with Crippen LogP contribution in [0.5, 0.6) is 0 Å². The van der Waals surface area contributed by atoms with Gasteiger partial charge in [0.15, 0.2) is 0 Å². The van der Waals surface area contributed by atoms with Gasteiger partial charge in [-0.2, -0.15) is 0 Å². The molecule has 86 valence electrons. The second-order valence-electron chi connectivity index (χ2n) is 3.69. The molecule has 0 spiro atoms. The van der Waals surface area contributed by atoms with Gasteiger partial charge in [0.2, 0.25) is 0 Å². The fourth-order valence-electron chi connectivity index (χ4n) is 1.43. The minimum absolute atomic E-state index is 0.769. The molecule has 6 heteroatoms. The second kappa shape index (κ2) is 6.27. The Balaban J connectivity index is 0.000000292. The van der Waals surface area contributed by atoms with Gasteiger partial charge >= 0.3 is 7.25 Å². The van der Waals surface area contributed by atoms with Crippen molar-refractivity contribution >= 4 is 7.25 Å². The summed E-state index contributed by atoms with van der Waals surface area (Å²) in [7, 11) is -6.00. The summed E-state index contributed by atoms with van der Waals surface area (Å²) in [5.74, 6) is 0. The van der Waals surface area contributed by atoms with E-state index in [1.165, 1.54) is 32.4 Å². The molecular formula is C8H17BF4N-. The van der Waals surface area contributed by atoms with Gasteiger partial charge in [-0.05, 0) is 39.8 Å². The zero-order valence-electron chi connectivity index (χ0n) is 8.65. The van der Waals surface area contributed by atoms with E-state index >= 15 is 0 Å². The highest BCUT2D eigenvalue weighted by Gasteiger charge is 2.20. The lowest BCUT2D eigenvalue weighted by Crippen LogP contribution is -2.35. The molecule has 0 amide bonds. The lowest BCUT2D eigenvalue weighted by atomic mass is 10.1. The van der Waals surface area contributed by atoms with Crippen molar-refractivity contribution in [2.45, 2.75) is 39.2 Å². The van der Waals surface area contributed by atoms with Crippen LogP contribution in [0.25, 0.3) is 0 Å². The maximum atomic E-state index is 9.75. The van der Waals surface area contributed by atoms with E-state index in [2.05, 4.69) is 18.7 Å². The summed E-state index contributed by atoms with van der Waals surface area (Å²) in [6, 6.07) is 0.769. The zero-order valence-corrected chi connectivity index (χ0v) is 8.65. The summed E-state index contributed by atoms with van der Waals surface area (Å²) in [6.45, 7) is 7.23. The molecule has 0 unspecified atom stereocenters. The first-order chi connectivity index (χ1) is 6.30. The Morgan fingerprint density at radius 3 is 1.50 bits per heavy atom. The van der Waals surface area contributed by atoms with E-state index in [0.717, 1.165) is 6.04 Å². The third-order valence-electron chi connectivity index (χ3n) is 2.12. The second-order valence-corrected chi connectivity index (χ2v) is 3.69. The van der Waals surface area contributed by atoms with Gasteiger partial charge in [0.25, 0.3) is 0 Å². The monoisotopic (exact) mass is 214 g/mol. The van der Waals surface area contributed by atoms with Crippen molar-refractivity contribution in [3.63, 3.8) is 0 Å². The van der Waals surface area contributed by atoms with Crippen molar-refractivity contribution in [2.75, 3.05) is 13.1 Å². The van der Waals surface area contributed by atoms with Gasteiger partial charge in [-0.1, -0.05) is 6.42 Å². The fourth-order valence-corrected chi connectivity index (χ4v) is 1.43. The molecule has 1 heterocycles. The van der Waals surface area contributed by atoms with Crippen molar-refractivity contribution in [1.29, 1.82) is 0 Å². The van der Waals surface area contributed by atoms with Gasteiger partial charge < -0.3 is 22.2 Å². The number of nitrogens with zero attached hydrogens (tertiary/aromatic N) is 1. The number of piperidine rings is 1. The zero-order chi connectivity index (χ0) is 11.2. The van der Waals surface area contributed by atoms with E-state index in [0.29, 0.717) is 0 Å². The first-order valence-corrected chi connectivity index (χ1v) is 4.92. The SMILES string of the molecule is CC(C)N1CCCCC1.F[B-](F)(F)F. The fraction of sp³-hybridized carbons (Fsp3) is 1.00. The smallest absolute Gasteiger partial charge is 0.418 e. The first kappa shape index (κ1) is 13.7. The summed E-state index contributed by atoms with van der Waals surface area (Å²) in [5.41, 5.74) is 0. The molecule has 0 aromatic rings. The summed E-state index contributed by atoms with van der Waals surface area (Å²) in [6.07, 6.45) is 4.28. The quantitative estimate of drug-likeness (QED) is 0.478. The van der Waals surface area contributed by atoms with Crippen LogP contribution >= 0.6 is 0 Å². The van der Waals surface area contributed by atoms with Crippen LogP contribution < -0.4 is 0 Å². The molecule has 0 aliphatic carbocycles. The van der Waals surface area contributed by atoms with Crippen LogP contribution in [0.1, 0.15) is 33.1 Å². The third kappa shape index (κ3) is 9.83. The van der Waals surface area contributed by atoms with Gasteiger partial charge in [-0.25, -0.2) is 0 Å². The van der Waals surface area contributed by atoms with Crippen LogP contribution in [-0.2, 0) is 0 Å². The molecule has 0 radical (unpaired) electrons.